The van der Waals surface area contributed by atoms with Crippen molar-refractivity contribution in [1.82, 2.24) is 10.2 Å². The van der Waals surface area contributed by atoms with E-state index in [4.69, 9.17) is 34.8 Å². The van der Waals surface area contributed by atoms with Crippen molar-refractivity contribution < 1.29 is 4.79 Å². The molecule has 0 saturated carbocycles. The average Bonchev–Trinajstić information content (AvgIpc) is 3.18. The Morgan fingerprint density at radius 1 is 1.06 bits per heavy atom. The first-order valence-electron chi connectivity index (χ1n) is 10.5. The van der Waals surface area contributed by atoms with Crippen LogP contribution in [0, 0.1) is 17.2 Å². The van der Waals surface area contributed by atoms with Crippen molar-refractivity contribution >= 4 is 52.1 Å². The summed E-state index contributed by atoms with van der Waals surface area (Å²) in [5.41, 5.74) is 1.53. The van der Waals surface area contributed by atoms with Gasteiger partial charge in [0, 0.05) is 10.0 Å². The van der Waals surface area contributed by atoms with Crippen LogP contribution >= 0.6 is 34.8 Å². The number of nitrogens with zero attached hydrogens (tertiary/aromatic N) is 4. The second-order valence-electron chi connectivity index (χ2n) is 7.87. The van der Waals surface area contributed by atoms with E-state index in [1.165, 1.54) is 6.42 Å². The second kappa shape index (κ2) is 10.1. The van der Waals surface area contributed by atoms with E-state index >= 15 is 0 Å². The van der Waals surface area contributed by atoms with Crippen LogP contribution in [0.15, 0.2) is 47.6 Å². The van der Waals surface area contributed by atoms with Crippen LogP contribution < -0.4 is 10.3 Å². The minimum atomic E-state index is -0.788. The molecule has 2 aliphatic heterocycles. The summed E-state index contributed by atoms with van der Waals surface area (Å²) in [6, 6.07) is 14.0. The molecule has 1 fully saturated rings. The number of likely N-dealkylation sites (tertiary alicyclic amines) is 1. The monoisotopic (exact) mass is 489 g/mol. The van der Waals surface area contributed by atoms with Gasteiger partial charge in [-0.05, 0) is 61.8 Å². The highest BCUT2D eigenvalue weighted by Gasteiger charge is 2.43. The molecule has 1 amide bonds. The lowest BCUT2D eigenvalue weighted by atomic mass is 9.90. The Labute approximate surface area is 202 Å². The molecule has 2 aromatic rings. The summed E-state index contributed by atoms with van der Waals surface area (Å²) < 4.78 is 0. The number of hydrazone groups is 1. The number of carbonyl (C=O) groups excluding carboxylic acids is 1. The molecule has 0 radical (unpaired) electrons. The summed E-state index contributed by atoms with van der Waals surface area (Å²) in [5.74, 6) is -1.14. The van der Waals surface area contributed by atoms with Crippen molar-refractivity contribution in [2.75, 3.05) is 24.8 Å². The molecule has 1 N–H and O–H groups in total. The lowest BCUT2D eigenvalue weighted by Gasteiger charge is -2.27. The minimum absolute atomic E-state index is 0.162. The van der Waals surface area contributed by atoms with Gasteiger partial charge in [-0.2, -0.15) is 10.4 Å². The molecule has 4 rings (SSSR count). The van der Waals surface area contributed by atoms with E-state index in [0.717, 1.165) is 31.5 Å². The summed E-state index contributed by atoms with van der Waals surface area (Å²) in [4.78, 5) is 15.3. The number of anilines is 1. The van der Waals surface area contributed by atoms with Crippen molar-refractivity contribution in [2.45, 2.75) is 25.3 Å². The van der Waals surface area contributed by atoms with Crippen molar-refractivity contribution in [2.24, 2.45) is 11.0 Å². The number of amides is 1. The highest BCUT2D eigenvalue weighted by atomic mass is 35.5. The fourth-order valence-electron chi connectivity index (χ4n) is 4.11. The van der Waals surface area contributed by atoms with Gasteiger partial charge in [-0.15, -0.1) is 0 Å². The number of nitrogens with one attached hydrogen (secondary N) is 1. The van der Waals surface area contributed by atoms with Crippen molar-refractivity contribution in [3.63, 3.8) is 0 Å². The van der Waals surface area contributed by atoms with Crippen LogP contribution in [0.1, 0.15) is 30.9 Å². The van der Waals surface area contributed by atoms with Gasteiger partial charge in [-0.1, -0.05) is 53.4 Å². The lowest BCUT2D eigenvalue weighted by molar-refractivity contribution is -0.115. The normalized spacial score (nSPS) is 21.2. The molecule has 2 aromatic carbocycles. The third kappa shape index (κ3) is 4.87. The van der Waals surface area contributed by atoms with Gasteiger partial charge in [0.2, 0.25) is 0 Å². The molecule has 9 heteroatoms. The first-order valence-corrected chi connectivity index (χ1v) is 11.6. The molecule has 166 valence electrons. The Morgan fingerprint density at radius 2 is 1.75 bits per heavy atom. The quantitative estimate of drug-likeness (QED) is 0.620. The zero-order valence-electron chi connectivity index (χ0n) is 17.3. The minimum Gasteiger partial charge on any atom is -0.338 e. The van der Waals surface area contributed by atoms with Gasteiger partial charge in [0.15, 0.2) is 0 Å². The van der Waals surface area contributed by atoms with Crippen molar-refractivity contribution in [3.8, 4) is 6.07 Å². The third-order valence-electron chi connectivity index (χ3n) is 5.74. The standard InChI is InChI=1S/C23H22Cl3N5O/c24-16-6-4-15(5-7-16)22-18(13-27)21(23(32)28-14-30-10-2-1-3-11-30)29-31(22)20-9-8-17(25)12-19(20)26/h4-9,12,18,22H,1-3,10-11,14H2,(H,28,32). The first-order chi connectivity index (χ1) is 15.5. The summed E-state index contributed by atoms with van der Waals surface area (Å²) >= 11 is 18.6. The van der Waals surface area contributed by atoms with E-state index in [0.29, 0.717) is 27.4 Å². The molecule has 2 unspecified atom stereocenters. The maximum atomic E-state index is 13.1. The van der Waals surface area contributed by atoms with Gasteiger partial charge in [-0.25, -0.2) is 0 Å². The van der Waals surface area contributed by atoms with Crippen LogP contribution in [0.3, 0.4) is 0 Å². The van der Waals surface area contributed by atoms with Crippen molar-refractivity contribution in [3.05, 3.63) is 63.1 Å². The molecular formula is C23H22Cl3N5O. The zero-order valence-corrected chi connectivity index (χ0v) is 19.5. The Bertz CT molecular complexity index is 1060. The summed E-state index contributed by atoms with van der Waals surface area (Å²) in [6.45, 7) is 2.34. The van der Waals surface area contributed by atoms with Crippen LogP contribution in [0.25, 0.3) is 0 Å². The number of rotatable bonds is 5. The maximum Gasteiger partial charge on any atom is 0.269 e. The largest absolute Gasteiger partial charge is 0.338 e. The Kier molecular flexibility index (Phi) is 7.22. The molecule has 6 nitrogen and oxygen atoms in total. The van der Waals surface area contributed by atoms with E-state index in [1.54, 1.807) is 35.3 Å². The predicted octanol–water partition coefficient (Wildman–Crippen LogP) is 5.26. The average molecular weight is 491 g/mol. The molecule has 0 spiro atoms. The van der Waals surface area contributed by atoms with E-state index in [2.05, 4.69) is 21.4 Å². The number of halogens is 3. The highest BCUT2D eigenvalue weighted by Crippen LogP contribution is 2.42. The van der Waals surface area contributed by atoms with Crippen LogP contribution in [0.2, 0.25) is 15.1 Å². The van der Waals surface area contributed by atoms with Crippen LogP contribution in [0.5, 0.6) is 0 Å². The first kappa shape index (κ1) is 22.9. The number of benzene rings is 2. The van der Waals surface area contributed by atoms with E-state index in [1.807, 2.05) is 12.1 Å². The van der Waals surface area contributed by atoms with Gasteiger partial charge in [0.1, 0.15) is 11.6 Å². The third-order valence-corrected chi connectivity index (χ3v) is 6.53. The van der Waals surface area contributed by atoms with Gasteiger partial charge in [0.05, 0.1) is 29.5 Å². The van der Waals surface area contributed by atoms with Gasteiger partial charge in [-0.3, -0.25) is 14.7 Å². The van der Waals surface area contributed by atoms with E-state index in [9.17, 15) is 10.1 Å². The van der Waals surface area contributed by atoms with Crippen molar-refractivity contribution in [1.29, 1.82) is 5.26 Å². The van der Waals surface area contributed by atoms with Crippen LogP contribution in [-0.2, 0) is 4.79 Å². The summed E-state index contributed by atoms with van der Waals surface area (Å²) in [7, 11) is 0. The SMILES string of the molecule is N#CC1C(C(=O)NCN2CCCCC2)=NN(c2ccc(Cl)cc2Cl)C1c1ccc(Cl)cc1. The van der Waals surface area contributed by atoms with Crippen LogP contribution in [-0.4, -0.2) is 36.3 Å². The van der Waals surface area contributed by atoms with Gasteiger partial charge in [0.25, 0.3) is 5.91 Å². The molecule has 2 atom stereocenters. The molecule has 0 bridgehead atoms. The number of hydrogen-bond donors (Lipinski definition) is 1. The molecule has 0 aliphatic carbocycles. The Morgan fingerprint density at radius 3 is 2.41 bits per heavy atom. The van der Waals surface area contributed by atoms with E-state index < -0.39 is 12.0 Å². The number of nitriles is 1. The molecular weight excluding hydrogens is 469 g/mol. The second-order valence-corrected chi connectivity index (χ2v) is 9.15. The fraction of sp³-hybridized carbons (Fsp3) is 0.348. The van der Waals surface area contributed by atoms with Gasteiger partial charge >= 0.3 is 0 Å². The number of hydrogen-bond acceptors (Lipinski definition) is 5. The Balaban J connectivity index is 1.66. The lowest BCUT2D eigenvalue weighted by Crippen LogP contribution is -2.43. The molecule has 32 heavy (non-hydrogen) atoms. The number of carbonyl (C=O) groups is 1. The zero-order chi connectivity index (χ0) is 22.7. The smallest absolute Gasteiger partial charge is 0.269 e. The number of piperidine rings is 1. The van der Waals surface area contributed by atoms with E-state index in [-0.39, 0.29) is 11.6 Å². The molecule has 1 saturated heterocycles. The molecule has 0 aromatic heterocycles. The predicted molar refractivity (Wildman–Crippen MR) is 128 cm³/mol. The maximum absolute atomic E-state index is 13.1. The molecule has 2 heterocycles. The summed E-state index contributed by atoms with van der Waals surface area (Å²) in [5, 5.41) is 20.6. The topological polar surface area (TPSA) is 71.7 Å². The van der Waals surface area contributed by atoms with Gasteiger partial charge < -0.3 is 5.32 Å². The summed E-state index contributed by atoms with van der Waals surface area (Å²) in [6.07, 6.45) is 3.46. The Hall–Kier alpha value is -2.30. The van der Waals surface area contributed by atoms with Crippen LogP contribution in [0.4, 0.5) is 5.69 Å². The highest BCUT2D eigenvalue weighted by molar-refractivity contribution is 6.41. The molecule has 2 aliphatic rings. The fourth-order valence-corrected chi connectivity index (χ4v) is 4.73.